The van der Waals surface area contributed by atoms with E-state index in [2.05, 4.69) is 4.74 Å². The van der Waals surface area contributed by atoms with Crippen LogP contribution in [0.5, 0.6) is 11.5 Å². The topological polar surface area (TPSA) is 38.8 Å². The molecule has 1 amide bonds. The van der Waals surface area contributed by atoms with E-state index in [9.17, 15) is 13.6 Å². The van der Waals surface area contributed by atoms with Crippen LogP contribution in [-0.2, 0) is 17.8 Å². The fraction of sp³-hybridized carbons (Fsp3) is 0.353. The predicted molar refractivity (Wildman–Crippen MR) is 88.7 cm³/mol. The minimum atomic E-state index is -2.93. The predicted octanol–water partition coefficient (Wildman–Crippen LogP) is 3.95. The van der Waals surface area contributed by atoms with Gasteiger partial charge in [-0.25, -0.2) is 0 Å². The van der Waals surface area contributed by atoms with E-state index in [4.69, 9.17) is 4.74 Å². The van der Waals surface area contributed by atoms with Crippen molar-refractivity contribution < 1.29 is 23.0 Å². The van der Waals surface area contributed by atoms with Gasteiger partial charge in [-0.15, -0.1) is 0 Å². The number of nitrogens with zero attached hydrogens (tertiary/aromatic N) is 1. The minimum Gasteiger partial charge on any atom is -0.493 e. The van der Waals surface area contributed by atoms with E-state index >= 15 is 0 Å². The van der Waals surface area contributed by atoms with E-state index < -0.39 is 6.61 Å². The highest BCUT2D eigenvalue weighted by Crippen LogP contribution is 2.29. The average molecular weight is 355 g/mol. The average Bonchev–Trinajstić information content (AvgIpc) is 3.05. The molecule has 130 valence electrons. The first-order valence-corrected chi connectivity index (χ1v) is 8.30. The maximum atomic E-state index is 12.5. The first-order chi connectivity index (χ1) is 11.5. The molecule has 24 heavy (non-hydrogen) atoms. The summed E-state index contributed by atoms with van der Waals surface area (Å²) in [6.07, 6.45) is 1.10. The van der Waals surface area contributed by atoms with Gasteiger partial charge in [0.05, 0.1) is 7.11 Å². The molecule has 1 heterocycles. The molecular weight excluding hydrogens is 336 g/mol. The highest BCUT2D eigenvalue weighted by Gasteiger charge is 2.14. The van der Waals surface area contributed by atoms with Crippen LogP contribution in [0, 0.1) is 0 Å². The fourth-order valence-electron chi connectivity index (χ4n) is 2.25. The lowest BCUT2D eigenvalue weighted by atomic mass is 10.1. The normalized spacial score (nSPS) is 10.7. The Hall–Kier alpha value is -2.15. The van der Waals surface area contributed by atoms with Crippen LogP contribution < -0.4 is 9.47 Å². The molecule has 0 spiro atoms. The van der Waals surface area contributed by atoms with Crippen LogP contribution in [0.4, 0.5) is 8.78 Å². The number of hydrogen-bond donors (Lipinski definition) is 0. The smallest absolute Gasteiger partial charge is 0.387 e. The second kappa shape index (κ2) is 8.63. The van der Waals surface area contributed by atoms with Crippen molar-refractivity contribution in [3.05, 3.63) is 46.2 Å². The molecule has 2 aromatic rings. The largest absolute Gasteiger partial charge is 0.493 e. The quantitative estimate of drug-likeness (QED) is 0.720. The lowest BCUT2D eigenvalue weighted by Crippen LogP contribution is -2.26. The van der Waals surface area contributed by atoms with Gasteiger partial charge in [-0.1, -0.05) is 6.07 Å². The van der Waals surface area contributed by atoms with Crippen LogP contribution in [-0.4, -0.2) is 31.6 Å². The number of carbonyl (C=O) groups is 1. The molecular formula is C17H19F2NO3S. The van der Waals surface area contributed by atoms with Crippen molar-refractivity contribution in [1.82, 2.24) is 4.90 Å². The van der Waals surface area contributed by atoms with Crippen LogP contribution >= 0.6 is 11.3 Å². The third kappa shape index (κ3) is 5.19. The SMILES string of the molecule is COc1ccc(CN(C)C(=O)CCc2ccsc2)cc1OC(F)F. The van der Waals surface area contributed by atoms with Gasteiger partial charge in [0.25, 0.3) is 0 Å². The van der Waals surface area contributed by atoms with E-state index in [1.807, 2.05) is 16.8 Å². The fourth-order valence-corrected chi connectivity index (χ4v) is 2.95. The molecule has 0 aliphatic carbocycles. The number of rotatable bonds is 8. The molecule has 0 aliphatic rings. The number of methoxy groups -OCH3 is 1. The van der Waals surface area contributed by atoms with Crippen LogP contribution in [0.3, 0.4) is 0 Å². The summed E-state index contributed by atoms with van der Waals surface area (Å²) in [4.78, 5) is 13.8. The van der Waals surface area contributed by atoms with Crippen molar-refractivity contribution in [2.75, 3.05) is 14.2 Å². The van der Waals surface area contributed by atoms with Gasteiger partial charge in [0.15, 0.2) is 11.5 Å². The van der Waals surface area contributed by atoms with Crippen molar-refractivity contribution in [3.8, 4) is 11.5 Å². The Morgan fingerprint density at radius 1 is 1.25 bits per heavy atom. The summed E-state index contributed by atoms with van der Waals surface area (Å²) in [5, 5.41) is 4.00. The summed E-state index contributed by atoms with van der Waals surface area (Å²) in [6.45, 7) is -2.62. The number of hydrogen-bond acceptors (Lipinski definition) is 4. The van der Waals surface area contributed by atoms with Crippen molar-refractivity contribution in [1.29, 1.82) is 0 Å². The molecule has 1 aromatic carbocycles. The van der Waals surface area contributed by atoms with Crippen molar-refractivity contribution in [2.24, 2.45) is 0 Å². The van der Waals surface area contributed by atoms with Gasteiger partial charge in [0.1, 0.15) is 0 Å². The Bertz CT molecular complexity index is 662. The lowest BCUT2D eigenvalue weighted by molar-refractivity contribution is -0.130. The summed E-state index contributed by atoms with van der Waals surface area (Å²) in [5.41, 5.74) is 1.83. The van der Waals surface area contributed by atoms with Gasteiger partial charge in [0.2, 0.25) is 5.91 Å². The second-order valence-electron chi connectivity index (χ2n) is 5.25. The van der Waals surface area contributed by atoms with Gasteiger partial charge >= 0.3 is 6.61 Å². The zero-order valence-electron chi connectivity index (χ0n) is 13.5. The molecule has 0 unspecified atom stereocenters. The standard InChI is InChI=1S/C17H19F2NO3S/c1-20(16(21)6-4-12-7-8-24-11-12)10-13-3-5-14(22-2)15(9-13)23-17(18)19/h3,5,7-9,11,17H,4,6,10H2,1-2H3. The number of aryl methyl sites for hydroxylation is 1. The monoisotopic (exact) mass is 355 g/mol. The summed E-state index contributed by atoms with van der Waals surface area (Å²) < 4.78 is 34.4. The molecule has 0 saturated carbocycles. The van der Waals surface area contributed by atoms with Gasteiger partial charge in [-0.3, -0.25) is 4.79 Å². The zero-order chi connectivity index (χ0) is 17.5. The van der Waals surface area contributed by atoms with Gasteiger partial charge in [-0.05, 0) is 46.5 Å². The van der Waals surface area contributed by atoms with Crippen LogP contribution in [0.25, 0.3) is 0 Å². The van der Waals surface area contributed by atoms with Crippen molar-refractivity contribution in [2.45, 2.75) is 26.0 Å². The molecule has 0 saturated heterocycles. The third-order valence-electron chi connectivity index (χ3n) is 3.50. The Kier molecular flexibility index (Phi) is 6.54. The molecule has 0 radical (unpaired) electrons. The molecule has 4 nitrogen and oxygen atoms in total. The number of alkyl halides is 2. The summed E-state index contributed by atoms with van der Waals surface area (Å²) in [6, 6.07) is 6.74. The molecule has 0 atom stereocenters. The molecule has 0 bridgehead atoms. The third-order valence-corrected chi connectivity index (χ3v) is 4.23. The highest BCUT2D eigenvalue weighted by atomic mass is 32.1. The summed E-state index contributed by atoms with van der Waals surface area (Å²) in [7, 11) is 3.07. The number of ether oxygens (including phenoxy) is 2. The van der Waals surface area contributed by atoms with Crippen molar-refractivity contribution in [3.63, 3.8) is 0 Å². The maximum absolute atomic E-state index is 12.5. The van der Waals surface area contributed by atoms with Crippen LogP contribution in [0.1, 0.15) is 17.5 Å². The van der Waals surface area contributed by atoms with Gasteiger partial charge in [0, 0.05) is 20.0 Å². The minimum absolute atomic E-state index is 0.00616. The zero-order valence-corrected chi connectivity index (χ0v) is 14.3. The van der Waals surface area contributed by atoms with E-state index in [0.717, 1.165) is 5.56 Å². The molecule has 0 aliphatic heterocycles. The van der Waals surface area contributed by atoms with Crippen LogP contribution in [0.15, 0.2) is 35.0 Å². The number of amides is 1. The van der Waals surface area contributed by atoms with Crippen molar-refractivity contribution >= 4 is 17.2 Å². The van der Waals surface area contributed by atoms with E-state index in [1.165, 1.54) is 13.2 Å². The summed E-state index contributed by atoms with van der Waals surface area (Å²) in [5.74, 6) is 0.183. The Morgan fingerprint density at radius 2 is 2.04 bits per heavy atom. The number of thiophene rings is 1. The maximum Gasteiger partial charge on any atom is 0.387 e. The Labute approximate surface area is 143 Å². The summed E-state index contributed by atoms with van der Waals surface area (Å²) >= 11 is 1.60. The molecule has 0 fully saturated rings. The van der Waals surface area contributed by atoms with E-state index in [1.54, 1.807) is 35.4 Å². The second-order valence-corrected chi connectivity index (χ2v) is 6.03. The lowest BCUT2D eigenvalue weighted by Gasteiger charge is -2.18. The Balaban J connectivity index is 1.97. The number of benzene rings is 1. The molecule has 0 N–H and O–H groups in total. The van der Waals surface area contributed by atoms with E-state index in [0.29, 0.717) is 24.9 Å². The van der Waals surface area contributed by atoms with Gasteiger partial charge < -0.3 is 14.4 Å². The van der Waals surface area contributed by atoms with E-state index in [-0.39, 0.29) is 17.4 Å². The first-order valence-electron chi connectivity index (χ1n) is 7.36. The van der Waals surface area contributed by atoms with Crippen LogP contribution in [0.2, 0.25) is 0 Å². The molecule has 1 aromatic heterocycles. The number of halogens is 2. The molecule has 2 rings (SSSR count). The van der Waals surface area contributed by atoms with Gasteiger partial charge in [-0.2, -0.15) is 20.1 Å². The first kappa shape index (κ1) is 18.2. The number of carbonyl (C=O) groups excluding carboxylic acids is 1. The Morgan fingerprint density at radius 3 is 2.67 bits per heavy atom. The highest BCUT2D eigenvalue weighted by molar-refractivity contribution is 7.07. The molecule has 7 heteroatoms.